The fourth-order valence-corrected chi connectivity index (χ4v) is 5.19. The molecule has 7 heteroatoms. The molecule has 4 rings (SSSR count). The number of aliphatic imine (C=N–C) groups is 1. The van der Waals surface area contributed by atoms with Crippen molar-refractivity contribution in [1.82, 2.24) is 4.90 Å². The normalized spacial score (nSPS) is 17.1. The molecule has 1 aliphatic carbocycles. The Labute approximate surface area is 238 Å². The lowest BCUT2D eigenvalue weighted by molar-refractivity contribution is -0.170. The van der Waals surface area contributed by atoms with Crippen LogP contribution in [0.25, 0.3) is 0 Å². The average Bonchev–Trinajstić information content (AvgIpc) is 3.13. The molecule has 2 aromatic carbocycles. The second-order valence-corrected chi connectivity index (χ2v) is 12.5. The highest BCUT2D eigenvalue weighted by atomic mass is 16.6. The van der Waals surface area contributed by atoms with E-state index in [2.05, 4.69) is 6.92 Å². The van der Waals surface area contributed by atoms with E-state index >= 15 is 0 Å². The van der Waals surface area contributed by atoms with Crippen LogP contribution in [-0.4, -0.2) is 39.4 Å². The quantitative estimate of drug-likeness (QED) is 0.286. The Hall–Kier alpha value is -3.35. The third-order valence-corrected chi connectivity index (χ3v) is 7.30. The Bertz CT molecular complexity index is 1220. The van der Waals surface area contributed by atoms with Crippen LogP contribution < -0.4 is 9.47 Å². The van der Waals surface area contributed by atoms with E-state index in [4.69, 9.17) is 19.2 Å². The molecule has 1 spiro atoms. The number of hydrogen-bond donors (Lipinski definition) is 0. The van der Waals surface area contributed by atoms with E-state index in [1.165, 1.54) is 6.42 Å². The highest BCUT2D eigenvalue weighted by Crippen LogP contribution is 2.39. The number of amidine groups is 1. The number of nitrogens with zero attached hydrogens (tertiary/aromatic N) is 2. The summed E-state index contributed by atoms with van der Waals surface area (Å²) < 4.78 is 17.6. The number of amides is 1. The highest BCUT2D eigenvalue weighted by molar-refractivity contribution is 6.08. The Morgan fingerprint density at radius 1 is 0.950 bits per heavy atom. The molecular formula is C33H44N2O5. The van der Waals surface area contributed by atoms with Crippen LogP contribution >= 0.6 is 0 Å². The molecule has 1 fully saturated rings. The molecule has 0 saturated heterocycles. The largest absolute Gasteiger partial charge is 0.476 e. The number of carbonyl (C=O) groups excluding carboxylic acids is 2. The van der Waals surface area contributed by atoms with Gasteiger partial charge in [0.15, 0.2) is 5.60 Å². The minimum absolute atomic E-state index is 0.171. The van der Waals surface area contributed by atoms with Gasteiger partial charge >= 0.3 is 5.97 Å². The summed E-state index contributed by atoms with van der Waals surface area (Å²) in [7, 11) is 0. The number of esters is 1. The van der Waals surface area contributed by atoms with Crippen molar-refractivity contribution >= 4 is 17.7 Å². The minimum atomic E-state index is -1.16. The molecule has 2 aromatic rings. The van der Waals surface area contributed by atoms with E-state index in [1.807, 2.05) is 62.1 Å². The Morgan fingerprint density at radius 2 is 1.62 bits per heavy atom. The first-order chi connectivity index (χ1) is 18.9. The predicted octanol–water partition coefficient (Wildman–Crippen LogP) is 7.61. The summed E-state index contributed by atoms with van der Waals surface area (Å²) in [6.45, 7) is 11.6. The number of carbonyl (C=O) groups is 2. The highest BCUT2D eigenvalue weighted by Gasteiger charge is 2.48. The predicted molar refractivity (Wildman–Crippen MR) is 157 cm³/mol. The van der Waals surface area contributed by atoms with Gasteiger partial charge in [-0.2, -0.15) is 0 Å². The van der Waals surface area contributed by atoms with Crippen LogP contribution in [0.15, 0.2) is 53.5 Å². The van der Waals surface area contributed by atoms with E-state index in [1.54, 1.807) is 26.0 Å². The number of rotatable bonds is 10. The van der Waals surface area contributed by atoms with Crippen LogP contribution in [0.2, 0.25) is 0 Å². The maximum absolute atomic E-state index is 13.6. The van der Waals surface area contributed by atoms with Gasteiger partial charge in [-0.3, -0.25) is 14.7 Å². The zero-order chi connectivity index (χ0) is 29.0. The number of benzene rings is 2. The van der Waals surface area contributed by atoms with Crippen molar-refractivity contribution in [2.75, 3.05) is 0 Å². The SMILES string of the molecule is CCCCC1=NC2(CCCCC2)C(=O)N1Cc1ccc(Oc2cccc(OC(C)(C)C(=O)OC(C)(C)C)c2)cc1. The molecule has 1 amide bonds. The third-order valence-electron chi connectivity index (χ3n) is 7.30. The van der Waals surface area contributed by atoms with Crippen molar-refractivity contribution in [2.24, 2.45) is 4.99 Å². The molecule has 0 aromatic heterocycles. The zero-order valence-electron chi connectivity index (χ0n) is 24.9. The lowest BCUT2D eigenvalue weighted by Gasteiger charge is -2.29. The van der Waals surface area contributed by atoms with Gasteiger partial charge in [0.1, 0.15) is 34.2 Å². The fourth-order valence-electron chi connectivity index (χ4n) is 5.19. The van der Waals surface area contributed by atoms with Crippen molar-refractivity contribution in [3.05, 3.63) is 54.1 Å². The van der Waals surface area contributed by atoms with Crippen molar-refractivity contribution in [3.63, 3.8) is 0 Å². The standard InChI is InChI=1S/C33H44N2O5/c1-7-8-15-28-34-33(20-10-9-11-21-33)29(36)35(28)23-24-16-18-25(19-17-24)38-26-13-12-14-27(22-26)39-32(5,6)30(37)40-31(2,3)4/h12-14,16-19,22H,7-11,15,20-21,23H2,1-6H3. The number of ether oxygens (including phenoxy) is 3. The van der Waals surface area contributed by atoms with E-state index in [9.17, 15) is 9.59 Å². The van der Waals surface area contributed by atoms with Gasteiger partial charge in [-0.15, -0.1) is 0 Å². The topological polar surface area (TPSA) is 77.4 Å². The van der Waals surface area contributed by atoms with Gasteiger partial charge in [-0.05, 0) is 83.7 Å². The Kier molecular flexibility index (Phi) is 8.91. The Balaban J connectivity index is 1.41. The third kappa shape index (κ3) is 7.23. The summed E-state index contributed by atoms with van der Waals surface area (Å²) in [4.78, 5) is 33.1. The second kappa shape index (κ2) is 12.0. The fraction of sp³-hybridized carbons (Fsp3) is 0.545. The Morgan fingerprint density at radius 3 is 2.27 bits per heavy atom. The molecule has 1 heterocycles. The molecule has 0 radical (unpaired) electrons. The molecule has 1 aliphatic heterocycles. The molecule has 0 N–H and O–H groups in total. The van der Waals surface area contributed by atoms with Gasteiger partial charge in [-0.1, -0.05) is 50.8 Å². The monoisotopic (exact) mass is 548 g/mol. The number of hydrogen-bond acceptors (Lipinski definition) is 6. The summed E-state index contributed by atoms with van der Waals surface area (Å²) >= 11 is 0. The van der Waals surface area contributed by atoms with Crippen molar-refractivity contribution in [3.8, 4) is 17.2 Å². The van der Waals surface area contributed by atoms with E-state index in [0.29, 0.717) is 23.8 Å². The lowest BCUT2D eigenvalue weighted by Crippen LogP contribution is -2.43. The van der Waals surface area contributed by atoms with Crippen LogP contribution in [0.4, 0.5) is 0 Å². The molecule has 0 unspecified atom stereocenters. The van der Waals surface area contributed by atoms with Crippen LogP contribution in [0.1, 0.15) is 98.5 Å². The van der Waals surface area contributed by atoms with Crippen LogP contribution in [0.5, 0.6) is 17.2 Å². The van der Waals surface area contributed by atoms with Gasteiger partial charge in [0.25, 0.3) is 5.91 Å². The molecule has 216 valence electrons. The smallest absolute Gasteiger partial charge is 0.350 e. The van der Waals surface area contributed by atoms with E-state index in [0.717, 1.165) is 56.3 Å². The molecular weight excluding hydrogens is 504 g/mol. The van der Waals surface area contributed by atoms with Crippen LogP contribution in [0.3, 0.4) is 0 Å². The first kappa shape index (κ1) is 29.6. The lowest BCUT2D eigenvalue weighted by atomic mass is 9.82. The molecule has 0 bridgehead atoms. The summed E-state index contributed by atoms with van der Waals surface area (Å²) in [6, 6.07) is 15.0. The molecule has 2 aliphatic rings. The summed E-state index contributed by atoms with van der Waals surface area (Å²) in [5.74, 6) is 2.45. The molecule has 1 saturated carbocycles. The molecule has 0 atom stereocenters. The molecule has 7 nitrogen and oxygen atoms in total. The first-order valence-electron chi connectivity index (χ1n) is 14.6. The van der Waals surface area contributed by atoms with Crippen molar-refractivity contribution in [2.45, 2.75) is 116 Å². The minimum Gasteiger partial charge on any atom is -0.476 e. The zero-order valence-corrected chi connectivity index (χ0v) is 24.9. The summed E-state index contributed by atoms with van der Waals surface area (Å²) in [5, 5.41) is 0. The van der Waals surface area contributed by atoms with Gasteiger partial charge < -0.3 is 14.2 Å². The second-order valence-electron chi connectivity index (χ2n) is 12.5. The number of unbranched alkanes of at least 4 members (excludes halogenated alkanes) is 1. The van der Waals surface area contributed by atoms with Gasteiger partial charge in [0.05, 0.1) is 6.54 Å². The van der Waals surface area contributed by atoms with Crippen LogP contribution in [0, 0.1) is 0 Å². The summed E-state index contributed by atoms with van der Waals surface area (Å²) in [5.41, 5.74) is -1.25. The van der Waals surface area contributed by atoms with Gasteiger partial charge in [0.2, 0.25) is 0 Å². The van der Waals surface area contributed by atoms with Gasteiger partial charge in [-0.25, -0.2) is 4.79 Å². The van der Waals surface area contributed by atoms with Crippen LogP contribution in [-0.2, 0) is 20.9 Å². The van der Waals surface area contributed by atoms with Gasteiger partial charge in [0, 0.05) is 12.5 Å². The average molecular weight is 549 g/mol. The van der Waals surface area contributed by atoms with Crippen molar-refractivity contribution < 1.29 is 23.8 Å². The van der Waals surface area contributed by atoms with E-state index in [-0.39, 0.29) is 5.91 Å². The molecule has 40 heavy (non-hydrogen) atoms. The first-order valence-corrected chi connectivity index (χ1v) is 14.6. The summed E-state index contributed by atoms with van der Waals surface area (Å²) in [6.07, 6.45) is 8.00. The van der Waals surface area contributed by atoms with E-state index < -0.39 is 22.7 Å². The maximum atomic E-state index is 13.6. The maximum Gasteiger partial charge on any atom is 0.350 e. The van der Waals surface area contributed by atoms with Crippen molar-refractivity contribution in [1.29, 1.82) is 0 Å².